The first-order valence-corrected chi connectivity index (χ1v) is 7.12. The van der Waals surface area contributed by atoms with E-state index in [1.165, 1.54) is 0 Å². The molecule has 2 rings (SSSR count). The lowest BCUT2D eigenvalue weighted by Gasteiger charge is -2.13. The minimum Gasteiger partial charge on any atom is -0.445 e. The first-order valence-electron chi connectivity index (χ1n) is 7.12. The van der Waals surface area contributed by atoms with Crippen LogP contribution in [-0.2, 0) is 11.2 Å². The van der Waals surface area contributed by atoms with Crippen molar-refractivity contribution in [1.29, 1.82) is 0 Å². The maximum atomic E-state index is 5.86. The smallest absolute Gasteiger partial charge is 0.194 e. The fourth-order valence-corrected chi connectivity index (χ4v) is 2.53. The SMILES string of the molecule is CCNCCCc1ncc(C2CCOC2CC)o1. The Morgan fingerprint density at radius 1 is 1.44 bits per heavy atom. The van der Waals surface area contributed by atoms with Crippen LogP contribution < -0.4 is 5.32 Å². The van der Waals surface area contributed by atoms with Gasteiger partial charge >= 0.3 is 0 Å². The molecule has 0 amide bonds. The highest BCUT2D eigenvalue weighted by Crippen LogP contribution is 2.33. The summed E-state index contributed by atoms with van der Waals surface area (Å²) in [6.07, 6.45) is 6.30. The van der Waals surface area contributed by atoms with Crippen molar-refractivity contribution in [3.63, 3.8) is 0 Å². The van der Waals surface area contributed by atoms with Crippen LogP contribution in [0.15, 0.2) is 10.6 Å². The van der Waals surface area contributed by atoms with Gasteiger partial charge in [-0.2, -0.15) is 0 Å². The summed E-state index contributed by atoms with van der Waals surface area (Å²) < 4.78 is 11.6. The second kappa shape index (κ2) is 6.90. The first-order chi connectivity index (χ1) is 8.85. The van der Waals surface area contributed by atoms with E-state index in [0.29, 0.717) is 12.0 Å². The molecule has 1 saturated heterocycles. The van der Waals surface area contributed by atoms with Crippen molar-refractivity contribution in [2.24, 2.45) is 0 Å². The molecule has 4 heteroatoms. The number of aryl methyl sites for hydroxylation is 1. The summed E-state index contributed by atoms with van der Waals surface area (Å²) in [5.74, 6) is 2.28. The van der Waals surface area contributed by atoms with Gasteiger partial charge in [0, 0.05) is 18.9 Å². The zero-order valence-electron chi connectivity index (χ0n) is 11.4. The Labute approximate surface area is 109 Å². The van der Waals surface area contributed by atoms with Crippen LogP contribution in [0.3, 0.4) is 0 Å². The Morgan fingerprint density at radius 3 is 3.11 bits per heavy atom. The number of nitrogens with zero attached hydrogens (tertiary/aromatic N) is 1. The average molecular weight is 252 g/mol. The van der Waals surface area contributed by atoms with Crippen molar-refractivity contribution in [3.8, 4) is 0 Å². The lowest BCUT2D eigenvalue weighted by molar-refractivity contribution is 0.0971. The molecule has 4 nitrogen and oxygen atoms in total. The minimum absolute atomic E-state index is 0.313. The Bertz CT molecular complexity index is 351. The molecule has 1 aromatic rings. The van der Waals surface area contributed by atoms with Crippen LogP contribution in [0.2, 0.25) is 0 Å². The molecule has 0 aliphatic carbocycles. The zero-order valence-corrected chi connectivity index (χ0v) is 11.4. The normalized spacial score (nSPS) is 23.7. The second-order valence-corrected chi connectivity index (χ2v) is 4.83. The van der Waals surface area contributed by atoms with E-state index < -0.39 is 0 Å². The molecule has 2 heterocycles. The number of oxazole rings is 1. The van der Waals surface area contributed by atoms with E-state index in [4.69, 9.17) is 9.15 Å². The summed E-state index contributed by atoms with van der Waals surface area (Å²) in [6.45, 7) is 7.18. The van der Waals surface area contributed by atoms with E-state index >= 15 is 0 Å². The first kappa shape index (κ1) is 13.6. The highest BCUT2D eigenvalue weighted by molar-refractivity contribution is 5.06. The Morgan fingerprint density at radius 2 is 2.33 bits per heavy atom. The van der Waals surface area contributed by atoms with Gasteiger partial charge in [0.05, 0.1) is 12.3 Å². The van der Waals surface area contributed by atoms with Crippen molar-refractivity contribution in [2.45, 2.75) is 51.6 Å². The highest BCUT2D eigenvalue weighted by Gasteiger charge is 2.30. The van der Waals surface area contributed by atoms with Crippen LogP contribution in [0.25, 0.3) is 0 Å². The topological polar surface area (TPSA) is 47.3 Å². The number of aromatic nitrogens is 1. The lowest BCUT2D eigenvalue weighted by atomic mass is 9.97. The third kappa shape index (κ3) is 3.33. The third-order valence-electron chi connectivity index (χ3n) is 3.54. The van der Waals surface area contributed by atoms with Gasteiger partial charge < -0.3 is 14.5 Å². The maximum absolute atomic E-state index is 5.86. The molecule has 1 fully saturated rings. The zero-order chi connectivity index (χ0) is 12.8. The van der Waals surface area contributed by atoms with Crippen molar-refractivity contribution in [3.05, 3.63) is 17.8 Å². The highest BCUT2D eigenvalue weighted by atomic mass is 16.5. The molecule has 1 aliphatic rings. The standard InChI is InChI=1S/C14H24N2O2/c1-3-12-11(7-9-17-12)13-10-16-14(18-13)6-5-8-15-4-2/h10-12,15H,3-9H2,1-2H3. The molecular formula is C14H24N2O2. The minimum atomic E-state index is 0.313. The fourth-order valence-electron chi connectivity index (χ4n) is 2.53. The van der Waals surface area contributed by atoms with Gasteiger partial charge in [0.2, 0.25) is 0 Å². The quantitative estimate of drug-likeness (QED) is 0.757. The van der Waals surface area contributed by atoms with Gasteiger partial charge in [0.1, 0.15) is 5.76 Å². The van der Waals surface area contributed by atoms with Gasteiger partial charge in [-0.3, -0.25) is 0 Å². The summed E-state index contributed by atoms with van der Waals surface area (Å²) in [4.78, 5) is 4.38. The van der Waals surface area contributed by atoms with Crippen molar-refractivity contribution < 1.29 is 9.15 Å². The van der Waals surface area contributed by atoms with E-state index in [9.17, 15) is 0 Å². The van der Waals surface area contributed by atoms with E-state index in [0.717, 1.165) is 57.0 Å². The van der Waals surface area contributed by atoms with Gasteiger partial charge in [-0.05, 0) is 32.4 Å². The van der Waals surface area contributed by atoms with Crippen molar-refractivity contribution in [1.82, 2.24) is 10.3 Å². The Kier molecular flexibility index (Phi) is 5.20. The summed E-state index contributed by atoms with van der Waals surface area (Å²) in [5.41, 5.74) is 0. The van der Waals surface area contributed by atoms with E-state index in [-0.39, 0.29) is 0 Å². The molecule has 1 aliphatic heterocycles. The second-order valence-electron chi connectivity index (χ2n) is 4.83. The molecule has 0 radical (unpaired) electrons. The van der Waals surface area contributed by atoms with Gasteiger partial charge in [0.25, 0.3) is 0 Å². The van der Waals surface area contributed by atoms with Crippen molar-refractivity contribution >= 4 is 0 Å². The van der Waals surface area contributed by atoms with Crippen molar-refractivity contribution in [2.75, 3.05) is 19.7 Å². The number of hydrogen-bond donors (Lipinski definition) is 1. The number of rotatable bonds is 7. The molecule has 102 valence electrons. The number of nitrogens with one attached hydrogen (secondary N) is 1. The van der Waals surface area contributed by atoms with E-state index in [1.54, 1.807) is 0 Å². The predicted molar refractivity (Wildman–Crippen MR) is 70.8 cm³/mol. The Balaban J connectivity index is 1.85. The summed E-state index contributed by atoms with van der Waals surface area (Å²) in [6, 6.07) is 0. The summed E-state index contributed by atoms with van der Waals surface area (Å²) in [7, 11) is 0. The molecule has 1 N–H and O–H groups in total. The average Bonchev–Trinajstić information content (AvgIpc) is 3.02. The van der Waals surface area contributed by atoms with Crippen LogP contribution in [-0.4, -0.2) is 30.8 Å². The van der Waals surface area contributed by atoms with Crippen LogP contribution in [0.1, 0.15) is 50.7 Å². The molecule has 1 aromatic heterocycles. The largest absolute Gasteiger partial charge is 0.445 e. The van der Waals surface area contributed by atoms with Gasteiger partial charge in [-0.25, -0.2) is 4.98 Å². The Hall–Kier alpha value is -0.870. The molecule has 2 unspecified atom stereocenters. The molecular weight excluding hydrogens is 228 g/mol. The predicted octanol–water partition coefficient (Wildman–Crippen LogP) is 2.50. The van der Waals surface area contributed by atoms with Crippen LogP contribution in [0.4, 0.5) is 0 Å². The summed E-state index contributed by atoms with van der Waals surface area (Å²) in [5, 5.41) is 3.31. The fraction of sp³-hybridized carbons (Fsp3) is 0.786. The third-order valence-corrected chi connectivity index (χ3v) is 3.54. The number of ether oxygens (including phenoxy) is 1. The van der Waals surface area contributed by atoms with Gasteiger partial charge in [-0.1, -0.05) is 13.8 Å². The van der Waals surface area contributed by atoms with Gasteiger partial charge in [0.15, 0.2) is 5.89 Å². The van der Waals surface area contributed by atoms with Crippen LogP contribution in [0, 0.1) is 0 Å². The van der Waals surface area contributed by atoms with Gasteiger partial charge in [-0.15, -0.1) is 0 Å². The van der Waals surface area contributed by atoms with Crippen LogP contribution in [0.5, 0.6) is 0 Å². The molecule has 0 spiro atoms. The van der Waals surface area contributed by atoms with E-state index in [1.807, 2.05) is 6.20 Å². The van der Waals surface area contributed by atoms with E-state index in [2.05, 4.69) is 24.1 Å². The molecule has 0 saturated carbocycles. The molecule has 0 aromatic carbocycles. The molecule has 2 atom stereocenters. The lowest BCUT2D eigenvalue weighted by Crippen LogP contribution is -2.14. The molecule has 0 bridgehead atoms. The number of hydrogen-bond acceptors (Lipinski definition) is 4. The monoisotopic (exact) mass is 252 g/mol. The molecule has 18 heavy (non-hydrogen) atoms. The van der Waals surface area contributed by atoms with Crippen LogP contribution >= 0.6 is 0 Å². The maximum Gasteiger partial charge on any atom is 0.194 e. The summed E-state index contributed by atoms with van der Waals surface area (Å²) >= 11 is 0.